The van der Waals surface area contributed by atoms with Gasteiger partial charge in [0.25, 0.3) is 0 Å². The Labute approximate surface area is 113 Å². The Hall–Kier alpha value is -1.90. The minimum absolute atomic E-state index is 0.649. The summed E-state index contributed by atoms with van der Waals surface area (Å²) in [5.41, 5.74) is 2.60. The molecule has 3 aromatic rings. The number of nitrogens with zero attached hydrogens (tertiary/aromatic N) is 2. The molecule has 88 valence electrons. The van der Waals surface area contributed by atoms with E-state index in [9.17, 15) is 0 Å². The number of hydrogen-bond donors (Lipinski definition) is 1. The molecule has 1 aromatic carbocycles. The SMILES string of the molecule is N#Cc1ccc2[nH]c(=S)n(Cc3cccs3)c2c1. The number of nitriles is 1. The van der Waals surface area contributed by atoms with E-state index in [0.29, 0.717) is 10.3 Å². The zero-order valence-electron chi connectivity index (χ0n) is 9.38. The molecule has 0 unspecified atom stereocenters. The van der Waals surface area contributed by atoms with Crippen molar-refractivity contribution in [2.75, 3.05) is 0 Å². The molecule has 2 heterocycles. The Balaban J connectivity index is 2.18. The second kappa shape index (κ2) is 4.41. The molecule has 3 nitrogen and oxygen atoms in total. The maximum Gasteiger partial charge on any atom is 0.178 e. The smallest absolute Gasteiger partial charge is 0.178 e. The lowest BCUT2D eigenvalue weighted by molar-refractivity contribution is 0.823. The van der Waals surface area contributed by atoms with Gasteiger partial charge in [0.05, 0.1) is 29.2 Å². The van der Waals surface area contributed by atoms with Crippen molar-refractivity contribution < 1.29 is 0 Å². The lowest BCUT2D eigenvalue weighted by Gasteiger charge is -2.02. The van der Waals surface area contributed by atoms with Crippen LogP contribution in [0.1, 0.15) is 10.4 Å². The summed E-state index contributed by atoms with van der Waals surface area (Å²) in [6, 6.07) is 11.8. The first-order valence-electron chi connectivity index (χ1n) is 5.43. The van der Waals surface area contributed by atoms with Crippen LogP contribution < -0.4 is 0 Å². The molecule has 0 aliphatic rings. The molecule has 0 radical (unpaired) electrons. The van der Waals surface area contributed by atoms with E-state index in [1.807, 2.05) is 22.8 Å². The summed E-state index contributed by atoms with van der Waals surface area (Å²) < 4.78 is 2.71. The zero-order chi connectivity index (χ0) is 12.5. The summed E-state index contributed by atoms with van der Waals surface area (Å²) in [7, 11) is 0. The van der Waals surface area contributed by atoms with Gasteiger partial charge in [-0.05, 0) is 41.9 Å². The number of hydrogen-bond acceptors (Lipinski definition) is 3. The number of rotatable bonds is 2. The van der Waals surface area contributed by atoms with Crippen LogP contribution in [0.2, 0.25) is 0 Å². The highest BCUT2D eigenvalue weighted by Gasteiger charge is 2.06. The zero-order valence-corrected chi connectivity index (χ0v) is 11.0. The second-order valence-electron chi connectivity index (χ2n) is 3.94. The Bertz CT molecular complexity index is 788. The number of benzene rings is 1. The minimum Gasteiger partial charge on any atom is -0.331 e. The highest BCUT2D eigenvalue weighted by molar-refractivity contribution is 7.71. The first-order chi connectivity index (χ1) is 8.78. The maximum absolute atomic E-state index is 8.96. The minimum atomic E-state index is 0.649. The van der Waals surface area contributed by atoms with E-state index in [-0.39, 0.29) is 0 Å². The van der Waals surface area contributed by atoms with E-state index in [0.717, 1.165) is 17.6 Å². The van der Waals surface area contributed by atoms with Crippen LogP contribution >= 0.6 is 23.6 Å². The average Bonchev–Trinajstić information content (AvgIpc) is 2.99. The highest BCUT2D eigenvalue weighted by atomic mass is 32.1. The topological polar surface area (TPSA) is 44.5 Å². The van der Waals surface area contributed by atoms with Crippen molar-refractivity contribution in [1.82, 2.24) is 9.55 Å². The normalized spacial score (nSPS) is 10.6. The van der Waals surface area contributed by atoms with Gasteiger partial charge in [-0.3, -0.25) is 0 Å². The van der Waals surface area contributed by atoms with Crippen LogP contribution in [-0.2, 0) is 6.54 Å². The third kappa shape index (κ3) is 1.86. The number of aromatic amines is 1. The summed E-state index contributed by atoms with van der Waals surface area (Å²) in [4.78, 5) is 4.41. The number of imidazole rings is 1. The molecule has 0 bridgehead atoms. The summed E-state index contributed by atoms with van der Waals surface area (Å²) in [5, 5.41) is 11.0. The van der Waals surface area contributed by atoms with Gasteiger partial charge in [-0.25, -0.2) is 0 Å². The van der Waals surface area contributed by atoms with E-state index in [4.69, 9.17) is 17.5 Å². The molecule has 18 heavy (non-hydrogen) atoms. The van der Waals surface area contributed by atoms with E-state index in [1.54, 1.807) is 17.4 Å². The Kier molecular flexibility index (Phi) is 2.74. The predicted octanol–water partition coefficient (Wildman–Crippen LogP) is 3.68. The third-order valence-corrected chi connectivity index (χ3v) is 3.98. The summed E-state index contributed by atoms with van der Waals surface area (Å²) in [6.45, 7) is 0.741. The number of H-pyrrole nitrogens is 1. The Morgan fingerprint density at radius 2 is 2.28 bits per heavy atom. The van der Waals surface area contributed by atoms with Crippen molar-refractivity contribution >= 4 is 34.6 Å². The molecule has 2 aromatic heterocycles. The van der Waals surface area contributed by atoms with E-state index in [1.165, 1.54) is 4.88 Å². The van der Waals surface area contributed by atoms with Crippen molar-refractivity contribution in [3.05, 3.63) is 50.9 Å². The first kappa shape index (κ1) is 11.2. The molecule has 0 saturated carbocycles. The molecule has 5 heteroatoms. The molecule has 0 aliphatic heterocycles. The van der Waals surface area contributed by atoms with Crippen molar-refractivity contribution in [2.24, 2.45) is 0 Å². The molecule has 0 amide bonds. The number of nitrogens with one attached hydrogen (secondary N) is 1. The molecule has 0 fully saturated rings. The molecular weight excluding hydrogens is 262 g/mol. The Morgan fingerprint density at radius 3 is 3.00 bits per heavy atom. The average molecular weight is 271 g/mol. The van der Waals surface area contributed by atoms with Gasteiger partial charge in [0, 0.05) is 4.88 Å². The van der Waals surface area contributed by atoms with E-state index >= 15 is 0 Å². The quantitative estimate of drug-likeness (QED) is 0.723. The maximum atomic E-state index is 8.96. The fraction of sp³-hybridized carbons (Fsp3) is 0.0769. The van der Waals surface area contributed by atoms with Crippen LogP contribution in [0.3, 0.4) is 0 Å². The van der Waals surface area contributed by atoms with Gasteiger partial charge >= 0.3 is 0 Å². The van der Waals surface area contributed by atoms with Crippen LogP contribution in [0.5, 0.6) is 0 Å². The summed E-state index contributed by atoms with van der Waals surface area (Å²) in [6.07, 6.45) is 0. The number of thiophene rings is 1. The lowest BCUT2D eigenvalue weighted by Crippen LogP contribution is -1.97. The van der Waals surface area contributed by atoms with Gasteiger partial charge in [0.15, 0.2) is 4.77 Å². The number of fused-ring (bicyclic) bond motifs is 1. The highest BCUT2D eigenvalue weighted by Crippen LogP contribution is 2.19. The van der Waals surface area contributed by atoms with Crippen LogP contribution in [-0.4, -0.2) is 9.55 Å². The van der Waals surface area contributed by atoms with Crippen LogP contribution in [0.15, 0.2) is 35.7 Å². The van der Waals surface area contributed by atoms with Gasteiger partial charge in [-0.1, -0.05) is 6.07 Å². The van der Waals surface area contributed by atoms with Gasteiger partial charge in [-0.15, -0.1) is 11.3 Å². The molecule has 3 rings (SSSR count). The van der Waals surface area contributed by atoms with E-state index in [2.05, 4.69) is 22.5 Å². The second-order valence-corrected chi connectivity index (χ2v) is 5.36. The Morgan fingerprint density at radius 1 is 1.39 bits per heavy atom. The first-order valence-corrected chi connectivity index (χ1v) is 6.72. The molecule has 0 saturated heterocycles. The summed E-state index contributed by atoms with van der Waals surface area (Å²) in [5.74, 6) is 0. The van der Waals surface area contributed by atoms with Crippen molar-refractivity contribution in [2.45, 2.75) is 6.54 Å². The van der Waals surface area contributed by atoms with Crippen molar-refractivity contribution in [3.8, 4) is 6.07 Å². The molecular formula is C13H9N3S2. The van der Waals surface area contributed by atoms with Crippen LogP contribution in [0, 0.1) is 16.1 Å². The number of aromatic nitrogens is 2. The standard InChI is InChI=1S/C13H9N3S2/c14-7-9-3-4-11-12(6-9)16(13(17)15-11)8-10-2-1-5-18-10/h1-6H,8H2,(H,15,17). The van der Waals surface area contributed by atoms with Gasteiger partial charge in [0.2, 0.25) is 0 Å². The van der Waals surface area contributed by atoms with E-state index < -0.39 is 0 Å². The van der Waals surface area contributed by atoms with Crippen LogP contribution in [0.25, 0.3) is 11.0 Å². The molecule has 1 N–H and O–H groups in total. The fourth-order valence-corrected chi connectivity index (χ4v) is 2.90. The van der Waals surface area contributed by atoms with Crippen molar-refractivity contribution in [1.29, 1.82) is 5.26 Å². The molecule has 0 spiro atoms. The summed E-state index contributed by atoms with van der Waals surface area (Å²) >= 11 is 7.04. The van der Waals surface area contributed by atoms with Gasteiger partial charge in [-0.2, -0.15) is 5.26 Å². The van der Waals surface area contributed by atoms with Gasteiger partial charge < -0.3 is 9.55 Å². The fourth-order valence-electron chi connectivity index (χ4n) is 1.94. The molecule has 0 atom stereocenters. The van der Waals surface area contributed by atoms with Crippen LogP contribution in [0.4, 0.5) is 0 Å². The largest absolute Gasteiger partial charge is 0.331 e. The van der Waals surface area contributed by atoms with Gasteiger partial charge in [0.1, 0.15) is 0 Å². The van der Waals surface area contributed by atoms with Crippen molar-refractivity contribution in [3.63, 3.8) is 0 Å². The monoisotopic (exact) mass is 271 g/mol. The molecule has 0 aliphatic carbocycles. The third-order valence-electron chi connectivity index (χ3n) is 2.80. The lowest BCUT2D eigenvalue weighted by atomic mass is 10.2. The predicted molar refractivity (Wildman–Crippen MR) is 75.3 cm³/mol.